The van der Waals surface area contributed by atoms with Crippen LogP contribution in [0.25, 0.3) is 0 Å². The van der Waals surface area contributed by atoms with Gasteiger partial charge in [-0.1, -0.05) is 0 Å². The predicted octanol–water partition coefficient (Wildman–Crippen LogP) is -5.99. The van der Waals surface area contributed by atoms with Crippen molar-refractivity contribution in [2.24, 2.45) is 0 Å². The van der Waals surface area contributed by atoms with Crippen molar-refractivity contribution in [2.75, 3.05) is 0 Å². The Morgan fingerprint density at radius 3 is 0.909 bits per heavy atom. The molecule has 0 aromatic rings. The smallest absolute Gasteiger partial charge is 1.00 e. The maximum atomic E-state index is 7.44. The molecule has 0 rings (SSSR count). The minimum atomic E-state index is -2.06. The van der Waals surface area contributed by atoms with Crippen molar-refractivity contribution in [3.05, 3.63) is 0 Å². The molecule has 0 heterocycles. The molecule has 0 atom stereocenters. The van der Waals surface area contributed by atoms with Gasteiger partial charge < -0.3 is 21.5 Å². The van der Waals surface area contributed by atoms with Crippen LogP contribution in [-0.4, -0.2) is 45.3 Å². The first-order valence-electron chi connectivity index (χ1n) is 1.87. The molecule has 11 heteroatoms. The van der Waals surface area contributed by atoms with E-state index in [0.717, 1.165) is 0 Å². The standard InChI is InChI=1S/2BH3O4.Na.H/c2*2-1(3)5-4;;/h2*2-4H;;/q;;+1;-1. The SMILES string of the molecule is OOB(O)O.OOB(O)O.[H-].[Na+]. The summed E-state index contributed by atoms with van der Waals surface area (Å²) in [6, 6.07) is 0. The van der Waals surface area contributed by atoms with Crippen molar-refractivity contribution in [1.29, 1.82) is 0 Å². The molecule has 0 amide bonds. The summed E-state index contributed by atoms with van der Waals surface area (Å²) in [5.74, 6) is 0. The van der Waals surface area contributed by atoms with Crippen LogP contribution in [0.2, 0.25) is 0 Å². The first-order valence-corrected chi connectivity index (χ1v) is 1.87. The molecule has 0 saturated carbocycles. The van der Waals surface area contributed by atoms with Gasteiger partial charge in [0.15, 0.2) is 0 Å². The van der Waals surface area contributed by atoms with E-state index in [2.05, 4.69) is 9.61 Å². The van der Waals surface area contributed by atoms with Gasteiger partial charge in [-0.3, -0.25) is 10.5 Å². The Hall–Kier alpha value is 0.810. The van der Waals surface area contributed by atoms with Crippen LogP contribution < -0.4 is 29.6 Å². The molecule has 11 heavy (non-hydrogen) atoms. The second-order valence-corrected chi connectivity index (χ2v) is 0.863. The van der Waals surface area contributed by atoms with Crippen molar-refractivity contribution in [2.45, 2.75) is 0 Å². The van der Waals surface area contributed by atoms with E-state index in [1.807, 2.05) is 0 Å². The molecule has 0 unspecified atom stereocenters. The molecule has 0 fully saturated rings. The van der Waals surface area contributed by atoms with Crippen LogP contribution in [0.1, 0.15) is 1.43 Å². The molecule has 0 radical (unpaired) electrons. The van der Waals surface area contributed by atoms with Gasteiger partial charge in [0.2, 0.25) is 0 Å². The molecule has 0 bridgehead atoms. The maximum Gasteiger partial charge on any atom is 1.00 e. The monoisotopic (exact) mass is 180 g/mol. The van der Waals surface area contributed by atoms with E-state index < -0.39 is 14.6 Å². The van der Waals surface area contributed by atoms with Gasteiger partial charge in [-0.15, -0.1) is 0 Å². The summed E-state index contributed by atoms with van der Waals surface area (Å²) in [4.78, 5) is 5.72. The minimum absolute atomic E-state index is 0. The second-order valence-electron chi connectivity index (χ2n) is 0.863. The van der Waals surface area contributed by atoms with Crippen LogP contribution in [0, 0.1) is 0 Å². The van der Waals surface area contributed by atoms with Gasteiger partial charge in [0, 0.05) is 0 Å². The zero-order valence-electron chi connectivity index (χ0n) is 6.65. The molecule has 0 aromatic carbocycles. The normalized spacial score (nSPS) is 7.09. The van der Waals surface area contributed by atoms with E-state index in [9.17, 15) is 0 Å². The number of hydrogen-bond donors (Lipinski definition) is 6. The first-order chi connectivity index (χ1) is 4.54. The predicted molar refractivity (Wildman–Crippen MR) is 28.9 cm³/mol. The summed E-state index contributed by atoms with van der Waals surface area (Å²) < 4.78 is 0. The molecule has 0 aliphatic rings. The molecule has 0 saturated heterocycles. The Bertz CT molecular complexity index is 53.0. The molecular formula is H7B2NaO8. The van der Waals surface area contributed by atoms with Gasteiger partial charge in [-0.2, -0.15) is 0 Å². The molecule has 0 spiro atoms. The Morgan fingerprint density at radius 1 is 0.818 bits per heavy atom. The Balaban J connectivity index is -0.0000000457. The molecule has 8 nitrogen and oxygen atoms in total. The molecule has 6 N–H and O–H groups in total. The molecule has 0 aliphatic heterocycles. The first kappa shape index (κ1) is 17.8. The van der Waals surface area contributed by atoms with Gasteiger partial charge in [-0.05, 0) is 0 Å². The van der Waals surface area contributed by atoms with Crippen LogP contribution in [0.5, 0.6) is 0 Å². The fraction of sp³-hybridized carbons (Fsp3) is 0. The van der Waals surface area contributed by atoms with Gasteiger partial charge in [0.05, 0.1) is 0 Å². The third kappa shape index (κ3) is 36.3. The second kappa shape index (κ2) is 13.4. The van der Waals surface area contributed by atoms with Crippen LogP contribution in [0.4, 0.5) is 0 Å². The van der Waals surface area contributed by atoms with Crippen molar-refractivity contribution in [1.82, 2.24) is 0 Å². The summed E-state index contributed by atoms with van der Waals surface area (Å²) in [5.41, 5.74) is 0. The van der Waals surface area contributed by atoms with Crippen molar-refractivity contribution >= 4 is 14.6 Å². The van der Waals surface area contributed by atoms with E-state index in [1.54, 1.807) is 0 Å². The van der Waals surface area contributed by atoms with Gasteiger partial charge in [0.1, 0.15) is 0 Å². The molecule has 0 aromatic heterocycles. The Labute approximate surface area is 86.0 Å². The van der Waals surface area contributed by atoms with Crippen molar-refractivity contribution in [3.8, 4) is 0 Å². The van der Waals surface area contributed by atoms with E-state index in [0.29, 0.717) is 0 Å². The van der Waals surface area contributed by atoms with E-state index in [1.165, 1.54) is 0 Å². The zero-order valence-corrected chi connectivity index (χ0v) is 7.65. The van der Waals surface area contributed by atoms with Crippen LogP contribution in [0.15, 0.2) is 0 Å². The Morgan fingerprint density at radius 2 is 0.909 bits per heavy atom. The zero-order chi connectivity index (χ0) is 8.57. The quantitative estimate of drug-likeness (QED) is 0.140. The largest absolute Gasteiger partial charge is 1.00 e. The van der Waals surface area contributed by atoms with E-state index >= 15 is 0 Å². The average molecular weight is 180 g/mol. The number of hydrogen-bond acceptors (Lipinski definition) is 8. The van der Waals surface area contributed by atoms with Crippen LogP contribution >= 0.6 is 0 Å². The van der Waals surface area contributed by atoms with Crippen LogP contribution in [-0.2, 0) is 9.61 Å². The van der Waals surface area contributed by atoms with Crippen LogP contribution in [0.3, 0.4) is 0 Å². The average Bonchev–Trinajstić information content (AvgIpc) is 1.89. The summed E-state index contributed by atoms with van der Waals surface area (Å²) in [5, 5.41) is 44.1. The third-order valence-electron chi connectivity index (χ3n) is 0.189. The summed E-state index contributed by atoms with van der Waals surface area (Å²) >= 11 is 0. The summed E-state index contributed by atoms with van der Waals surface area (Å²) in [7, 11) is -4.12. The molecule has 0 aliphatic carbocycles. The topological polar surface area (TPSA) is 140 Å². The molecule has 62 valence electrons. The van der Waals surface area contributed by atoms with Crippen molar-refractivity contribution in [3.63, 3.8) is 0 Å². The van der Waals surface area contributed by atoms with E-state index in [4.69, 9.17) is 30.6 Å². The summed E-state index contributed by atoms with van der Waals surface area (Å²) in [6.45, 7) is 0. The van der Waals surface area contributed by atoms with E-state index in [-0.39, 0.29) is 31.0 Å². The third-order valence-corrected chi connectivity index (χ3v) is 0.189. The fourth-order valence-electron chi connectivity index (χ4n) is 0. The molecular weight excluding hydrogens is 173 g/mol. The minimum Gasteiger partial charge on any atom is -1.00 e. The van der Waals surface area contributed by atoms with Crippen molar-refractivity contribution < 1.29 is 71.2 Å². The fourth-order valence-corrected chi connectivity index (χ4v) is 0. The maximum absolute atomic E-state index is 7.44. The summed E-state index contributed by atoms with van der Waals surface area (Å²) in [6.07, 6.45) is 0. The van der Waals surface area contributed by atoms with Gasteiger partial charge >= 0.3 is 44.2 Å². The van der Waals surface area contributed by atoms with Gasteiger partial charge in [-0.25, -0.2) is 9.61 Å². The number of rotatable bonds is 2. The Kier molecular flexibility index (Phi) is 21.7. The van der Waals surface area contributed by atoms with Gasteiger partial charge in [0.25, 0.3) is 0 Å².